The van der Waals surface area contributed by atoms with Crippen LogP contribution in [0, 0.1) is 5.92 Å². The summed E-state index contributed by atoms with van der Waals surface area (Å²) in [5.41, 5.74) is 0.621. The second-order valence-corrected chi connectivity index (χ2v) is 10.9. The average Bonchev–Trinajstić information content (AvgIpc) is 3.36. The van der Waals surface area contributed by atoms with Crippen LogP contribution in [0.1, 0.15) is 29.5 Å². The summed E-state index contributed by atoms with van der Waals surface area (Å²) in [7, 11) is 2.07. The van der Waals surface area contributed by atoms with Crippen molar-refractivity contribution in [1.82, 2.24) is 19.6 Å². The van der Waals surface area contributed by atoms with Crippen LogP contribution in [0.4, 0.5) is 18.0 Å². The Balaban J connectivity index is 1.34. The first-order valence-electron chi connectivity index (χ1n) is 11.8. The van der Waals surface area contributed by atoms with Gasteiger partial charge in [-0.3, -0.25) is 19.2 Å². The standard InChI is InChI=1S/C26H24ClF3N4O2S/c1-32-8-6-16(7-9-32)14-33-24(35)23(37-25(33)36)11-17-2-5-22-19(10-17)13-31-34(22)15-18-3-4-20(27)12-21(18)26(28,29)30/h2-5,10-13,16H,6-9,14-15H2,1H3. The van der Waals surface area contributed by atoms with Crippen LogP contribution < -0.4 is 0 Å². The highest BCUT2D eigenvalue weighted by atomic mass is 35.5. The second-order valence-electron chi connectivity index (χ2n) is 9.46. The maximum Gasteiger partial charge on any atom is 0.416 e. The molecule has 3 heterocycles. The van der Waals surface area contributed by atoms with Crippen LogP contribution in [0.25, 0.3) is 17.0 Å². The fraction of sp³-hybridized carbons (Fsp3) is 0.346. The zero-order valence-electron chi connectivity index (χ0n) is 20.0. The van der Waals surface area contributed by atoms with Crippen LogP contribution in [0.3, 0.4) is 0 Å². The number of amides is 2. The number of fused-ring (bicyclic) bond motifs is 1. The fourth-order valence-electron chi connectivity index (χ4n) is 4.74. The Morgan fingerprint density at radius 3 is 2.62 bits per heavy atom. The Bertz CT molecular complexity index is 1400. The monoisotopic (exact) mass is 548 g/mol. The molecule has 1 aromatic heterocycles. The molecule has 2 amide bonds. The highest BCUT2D eigenvalue weighted by Gasteiger charge is 2.37. The van der Waals surface area contributed by atoms with Crippen molar-refractivity contribution in [2.75, 3.05) is 26.7 Å². The minimum atomic E-state index is -4.54. The third kappa shape index (κ3) is 5.56. The molecular weight excluding hydrogens is 525 g/mol. The van der Waals surface area contributed by atoms with Crippen LogP contribution >= 0.6 is 23.4 Å². The van der Waals surface area contributed by atoms with Gasteiger partial charge in [-0.05, 0) is 92.1 Å². The van der Waals surface area contributed by atoms with Crippen molar-refractivity contribution in [2.24, 2.45) is 5.92 Å². The highest BCUT2D eigenvalue weighted by Crippen LogP contribution is 2.36. The summed E-state index contributed by atoms with van der Waals surface area (Å²) >= 11 is 6.72. The van der Waals surface area contributed by atoms with E-state index in [1.165, 1.54) is 21.7 Å². The predicted octanol–water partition coefficient (Wildman–Crippen LogP) is 6.13. The molecule has 194 valence electrons. The normalized spacial score (nSPS) is 19.1. The number of benzene rings is 2. The molecule has 0 saturated carbocycles. The number of nitrogens with zero attached hydrogens (tertiary/aromatic N) is 4. The Morgan fingerprint density at radius 2 is 1.89 bits per heavy atom. The zero-order chi connectivity index (χ0) is 26.3. The van der Waals surface area contributed by atoms with Crippen molar-refractivity contribution in [3.8, 4) is 0 Å². The molecule has 2 aromatic carbocycles. The van der Waals surface area contributed by atoms with E-state index in [4.69, 9.17) is 11.6 Å². The maximum atomic E-state index is 13.5. The number of likely N-dealkylation sites (tertiary alicyclic amines) is 1. The fourth-order valence-corrected chi connectivity index (χ4v) is 5.77. The second kappa shape index (κ2) is 10.2. The molecule has 0 atom stereocenters. The van der Waals surface area contributed by atoms with Gasteiger partial charge in [-0.2, -0.15) is 18.3 Å². The molecule has 2 fully saturated rings. The highest BCUT2D eigenvalue weighted by molar-refractivity contribution is 8.18. The van der Waals surface area contributed by atoms with Crippen molar-refractivity contribution in [1.29, 1.82) is 0 Å². The maximum absolute atomic E-state index is 13.5. The Morgan fingerprint density at radius 1 is 1.14 bits per heavy atom. The summed E-state index contributed by atoms with van der Waals surface area (Å²) in [4.78, 5) is 29.4. The van der Waals surface area contributed by atoms with Gasteiger partial charge < -0.3 is 4.90 Å². The third-order valence-corrected chi connectivity index (χ3v) is 7.96. The molecule has 37 heavy (non-hydrogen) atoms. The largest absolute Gasteiger partial charge is 0.416 e. The molecular formula is C26H24ClF3N4O2S. The lowest BCUT2D eigenvalue weighted by atomic mass is 9.96. The lowest BCUT2D eigenvalue weighted by molar-refractivity contribution is -0.138. The first kappa shape index (κ1) is 25.8. The molecule has 5 rings (SSSR count). The molecule has 0 aliphatic carbocycles. The van der Waals surface area contributed by atoms with Crippen LogP contribution in [-0.4, -0.2) is 57.4 Å². The van der Waals surface area contributed by atoms with E-state index < -0.39 is 11.7 Å². The van der Waals surface area contributed by atoms with E-state index in [1.54, 1.807) is 30.5 Å². The van der Waals surface area contributed by atoms with Gasteiger partial charge in [0.15, 0.2) is 0 Å². The molecule has 2 aliphatic rings. The van der Waals surface area contributed by atoms with E-state index in [-0.39, 0.29) is 28.3 Å². The van der Waals surface area contributed by atoms with Gasteiger partial charge in [-0.15, -0.1) is 0 Å². The van der Waals surface area contributed by atoms with Crippen molar-refractivity contribution < 1.29 is 22.8 Å². The van der Waals surface area contributed by atoms with E-state index in [0.29, 0.717) is 33.8 Å². The number of hydrogen-bond acceptors (Lipinski definition) is 5. The molecule has 2 aliphatic heterocycles. The number of alkyl halides is 3. The Hall–Kier alpha value is -2.82. The SMILES string of the molecule is CN1CCC(CN2C(=O)SC(=Cc3ccc4c(cnn4Cc4ccc(Cl)cc4C(F)(F)F)c3)C2=O)CC1. The van der Waals surface area contributed by atoms with Gasteiger partial charge in [0.1, 0.15) is 0 Å². The predicted molar refractivity (Wildman–Crippen MR) is 138 cm³/mol. The molecule has 2 saturated heterocycles. The van der Waals surface area contributed by atoms with Gasteiger partial charge in [-0.1, -0.05) is 23.7 Å². The Kier molecular flexibility index (Phi) is 7.08. The van der Waals surface area contributed by atoms with E-state index in [9.17, 15) is 22.8 Å². The molecule has 3 aromatic rings. The smallest absolute Gasteiger partial charge is 0.306 e. The summed E-state index contributed by atoms with van der Waals surface area (Å²) < 4.78 is 42.0. The van der Waals surface area contributed by atoms with Crippen molar-refractivity contribution >= 4 is 51.5 Å². The van der Waals surface area contributed by atoms with Crippen molar-refractivity contribution in [2.45, 2.75) is 25.6 Å². The van der Waals surface area contributed by atoms with Gasteiger partial charge in [0, 0.05) is 17.0 Å². The van der Waals surface area contributed by atoms with Crippen LogP contribution in [0.15, 0.2) is 47.5 Å². The lowest BCUT2D eigenvalue weighted by Gasteiger charge is -2.30. The van der Waals surface area contributed by atoms with Gasteiger partial charge in [-0.25, -0.2) is 0 Å². The topological polar surface area (TPSA) is 58.4 Å². The van der Waals surface area contributed by atoms with Crippen molar-refractivity contribution in [3.63, 3.8) is 0 Å². The van der Waals surface area contributed by atoms with Gasteiger partial charge in [0.25, 0.3) is 11.1 Å². The molecule has 6 nitrogen and oxygen atoms in total. The molecule has 0 radical (unpaired) electrons. The number of aromatic nitrogens is 2. The Labute approximate surface area is 221 Å². The minimum Gasteiger partial charge on any atom is -0.306 e. The summed E-state index contributed by atoms with van der Waals surface area (Å²) in [6.07, 6.45) is 0.627. The number of halogens is 4. The molecule has 0 bridgehead atoms. The lowest BCUT2D eigenvalue weighted by Crippen LogP contribution is -2.38. The number of imide groups is 1. The summed E-state index contributed by atoms with van der Waals surface area (Å²) in [5.74, 6) is 0.0249. The number of carbonyl (C=O) groups is 2. The molecule has 11 heteroatoms. The number of rotatable bonds is 5. The van der Waals surface area contributed by atoms with Crippen LogP contribution in [0.5, 0.6) is 0 Å². The minimum absolute atomic E-state index is 0.0156. The quantitative estimate of drug-likeness (QED) is 0.359. The number of hydrogen-bond donors (Lipinski definition) is 0. The van der Waals surface area contributed by atoms with Crippen LogP contribution in [0.2, 0.25) is 5.02 Å². The summed E-state index contributed by atoms with van der Waals surface area (Å²) in [6.45, 7) is 2.27. The molecule has 0 N–H and O–H groups in total. The summed E-state index contributed by atoms with van der Waals surface area (Å²) in [6, 6.07) is 9.01. The number of piperidine rings is 1. The van der Waals surface area contributed by atoms with Gasteiger partial charge in [0.05, 0.1) is 28.7 Å². The van der Waals surface area contributed by atoms with E-state index in [0.717, 1.165) is 43.8 Å². The van der Waals surface area contributed by atoms with Crippen molar-refractivity contribution in [3.05, 3.63) is 69.2 Å². The zero-order valence-corrected chi connectivity index (χ0v) is 21.5. The van der Waals surface area contributed by atoms with E-state index in [1.807, 2.05) is 0 Å². The molecule has 0 spiro atoms. The number of carbonyl (C=O) groups excluding carboxylic acids is 2. The van der Waals surface area contributed by atoms with Crippen LogP contribution in [-0.2, 0) is 17.5 Å². The van der Waals surface area contributed by atoms with E-state index in [2.05, 4.69) is 17.0 Å². The first-order chi connectivity index (χ1) is 17.6. The van der Waals surface area contributed by atoms with Gasteiger partial charge in [0.2, 0.25) is 0 Å². The summed E-state index contributed by atoms with van der Waals surface area (Å²) in [5, 5.41) is 4.74. The number of thioether (sulfide) groups is 1. The average molecular weight is 549 g/mol. The van der Waals surface area contributed by atoms with Gasteiger partial charge >= 0.3 is 6.18 Å². The van der Waals surface area contributed by atoms with E-state index >= 15 is 0 Å². The third-order valence-electron chi connectivity index (χ3n) is 6.81. The first-order valence-corrected chi connectivity index (χ1v) is 13.0. The molecule has 0 unspecified atom stereocenters.